The van der Waals surface area contributed by atoms with Crippen LogP contribution in [-0.4, -0.2) is 39.0 Å². The minimum Gasteiger partial charge on any atom is -0.299 e. The summed E-state index contributed by atoms with van der Waals surface area (Å²) in [5, 5.41) is 9.07. The quantitative estimate of drug-likeness (QED) is 0.869. The van der Waals surface area contributed by atoms with E-state index in [4.69, 9.17) is 5.26 Å². The molecule has 6 heteroatoms. The lowest BCUT2D eigenvalue weighted by molar-refractivity contribution is 0.193. The molecule has 1 fully saturated rings. The highest BCUT2D eigenvalue weighted by Crippen LogP contribution is 2.19. The first-order valence-electron chi connectivity index (χ1n) is 7.68. The minimum absolute atomic E-state index is 0.0569. The van der Waals surface area contributed by atoms with Gasteiger partial charge in [0, 0.05) is 12.6 Å². The van der Waals surface area contributed by atoms with Gasteiger partial charge in [-0.3, -0.25) is 4.90 Å². The van der Waals surface area contributed by atoms with Crippen molar-refractivity contribution >= 4 is 10.0 Å². The van der Waals surface area contributed by atoms with Gasteiger partial charge in [0.2, 0.25) is 10.0 Å². The highest BCUT2D eigenvalue weighted by molar-refractivity contribution is 7.89. The molecule has 1 heterocycles. The second-order valence-electron chi connectivity index (χ2n) is 6.01. The Morgan fingerprint density at radius 2 is 1.91 bits per heavy atom. The third-order valence-corrected chi connectivity index (χ3v) is 5.64. The fourth-order valence-corrected chi connectivity index (χ4v) is 4.13. The third-order valence-electron chi connectivity index (χ3n) is 4.16. The maximum Gasteiger partial charge on any atom is 0.241 e. The summed E-state index contributed by atoms with van der Waals surface area (Å²) >= 11 is 0. The van der Waals surface area contributed by atoms with Crippen molar-refractivity contribution in [2.45, 2.75) is 37.6 Å². The van der Waals surface area contributed by atoms with Gasteiger partial charge in [0.1, 0.15) is 6.07 Å². The maximum atomic E-state index is 12.5. The lowest BCUT2D eigenvalue weighted by atomic mass is 10.0. The molecule has 22 heavy (non-hydrogen) atoms. The Labute approximate surface area is 133 Å². The first-order valence-corrected chi connectivity index (χ1v) is 9.17. The van der Waals surface area contributed by atoms with Gasteiger partial charge in [-0.05, 0) is 44.0 Å². The van der Waals surface area contributed by atoms with E-state index in [0.717, 1.165) is 13.1 Å². The van der Waals surface area contributed by atoms with E-state index in [9.17, 15) is 8.42 Å². The Kier molecular flexibility index (Phi) is 5.57. The topological polar surface area (TPSA) is 73.2 Å². The molecule has 120 valence electrons. The van der Waals surface area contributed by atoms with Crippen molar-refractivity contribution in [3.05, 3.63) is 29.8 Å². The van der Waals surface area contributed by atoms with Crippen molar-refractivity contribution in [2.24, 2.45) is 5.92 Å². The van der Waals surface area contributed by atoms with Gasteiger partial charge in [-0.25, -0.2) is 13.1 Å². The van der Waals surface area contributed by atoms with Gasteiger partial charge in [0.15, 0.2) is 0 Å². The molecule has 1 aromatic carbocycles. The lowest BCUT2D eigenvalue weighted by Gasteiger charge is -2.30. The van der Waals surface area contributed by atoms with Crippen molar-refractivity contribution in [1.82, 2.24) is 9.62 Å². The summed E-state index contributed by atoms with van der Waals surface area (Å²) in [5.41, 5.74) is 0.178. The molecular formula is C16H23N3O2S. The molecule has 0 aliphatic carbocycles. The first kappa shape index (κ1) is 16.9. The van der Waals surface area contributed by atoms with Crippen molar-refractivity contribution in [3.8, 4) is 6.07 Å². The molecule has 2 rings (SSSR count). The van der Waals surface area contributed by atoms with Crippen LogP contribution in [0.25, 0.3) is 0 Å². The van der Waals surface area contributed by atoms with Crippen molar-refractivity contribution in [1.29, 1.82) is 5.26 Å². The number of nitrogens with zero attached hydrogens (tertiary/aromatic N) is 2. The van der Waals surface area contributed by atoms with Crippen molar-refractivity contribution < 1.29 is 8.42 Å². The first-order chi connectivity index (χ1) is 10.5. The molecule has 1 saturated heterocycles. The molecule has 1 aromatic rings. The summed E-state index contributed by atoms with van der Waals surface area (Å²) in [7, 11) is -3.66. The van der Waals surface area contributed by atoms with E-state index < -0.39 is 10.0 Å². The Morgan fingerprint density at radius 1 is 1.27 bits per heavy atom. The molecule has 0 bridgehead atoms. The Balaban J connectivity index is 2.13. The molecule has 1 aliphatic rings. The Bertz CT molecular complexity index is 644. The summed E-state index contributed by atoms with van der Waals surface area (Å²) in [4.78, 5) is 2.41. The molecule has 1 aliphatic heterocycles. The van der Waals surface area contributed by atoms with Crippen LogP contribution in [0.4, 0.5) is 0 Å². The lowest BCUT2D eigenvalue weighted by Crippen LogP contribution is -2.45. The van der Waals surface area contributed by atoms with Gasteiger partial charge in [0.05, 0.1) is 10.5 Å². The molecule has 1 unspecified atom stereocenters. The number of nitrogens with one attached hydrogen (secondary N) is 1. The number of hydrogen-bond acceptors (Lipinski definition) is 4. The van der Waals surface area contributed by atoms with Crippen LogP contribution >= 0.6 is 0 Å². The van der Waals surface area contributed by atoms with Crippen molar-refractivity contribution in [2.75, 3.05) is 19.6 Å². The molecule has 0 spiro atoms. The predicted molar refractivity (Wildman–Crippen MR) is 85.8 cm³/mol. The fraction of sp³-hybridized carbons (Fsp3) is 0.562. The van der Waals surface area contributed by atoms with Crippen LogP contribution in [-0.2, 0) is 10.0 Å². The highest BCUT2D eigenvalue weighted by atomic mass is 32.2. The predicted octanol–water partition coefficient (Wildman–Crippen LogP) is 1.96. The van der Waals surface area contributed by atoms with Crippen LogP contribution in [0, 0.1) is 17.2 Å². The summed E-state index contributed by atoms with van der Waals surface area (Å²) < 4.78 is 27.6. The molecule has 0 saturated carbocycles. The van der Waals surface area contributed by atoms with E-state index >= 15 is 0 Å². The maximum absolute atomic E-state index is 12.5. The van der Waals surface area contributed by atoms with Crippen LogP contribution in [0.15, 0.2) is 29.2 Å². The molecule has 0 amide bonds. The minimum atomic E-state index is -3.66. The van der Waals surface area contributed by atoms with Crippen LogP contribution < -0.4 is 4.72 Å². The van der Waals surface area contributed by atoms with E-state index in [1.54, 1.807) is 12.1 Å². The van der Waals surface area contributed by atoms with Crippen LogP contribution in [0.5, 0.6) is 0 Å². The number of benzene rings is 1. The normalized spacial score (nSPS) is 17.5. The van der Waals surface area contributed by atoms with E-state index in [0.29, 0.717) is 12.5 Å². The van der Waals surface area contributed by atoms with Gasteiger partial charge >= 0.3 is 0 Å². The average molecular weight is 321 g/mol. The number of sulfonamides is 1. The highest BCUT2D eigenvalue weighted by Gasteiger charge is 2.27. The molecule has 0 radical (unpaired) electrons. The van der Waals surface area contributed by atoms with E-state index in [-0.39, 0.29) is 16.5 Å². The molecular weight excluding hydrogens is 298 g/mol. The monoisotopic (exact) mass is 321 g/mol. The largest absolute Gasteiger partial charge is 0.299 e. The van der Waals surface area contributed by atoms with Crippen LogP contribution in [0.2, 0.25) is 0 Å². The second kappa shape index (κ2) is 7.23. The van der Waals surface area contributed by atoms with E-state index in [1.807, 2.05) is 6.07 Å². The van der Waals surface area contributed by atoms with Gasteiger partial charge in [-0.1, -0.05) is 26.0 Å². The smallest absolute Gasteiger partial charge is 0.241 e. The summed E-state index contributed by atoms with van der Waals surface area (Å²) in [6.07, 6.45) is 2.35. The fourth-order valence-electron chi connectivity index (χ4n) is 2.93. The summed E-state index contributed by atoms with van der Waals surface area (Å²) in [6.45, 7) is 6.65. The number of hydrogen-bond donors (Lipinski definition) is 1. The molecule has 0 aromatic heterocycles. The molecule has 1 N–H and O–H groups in total. The standard InChI is InChI=1S/C16H23N3O2S/c1-13(2)15(19-9-5-6-10-19)12-18-22(20,21)16-8-4-3-7-14(16)11-17/h3-4,7-8,13,15,18H,5-6,9-10,12H2,1-2H3. The SMILES string of the molecule is CC(C)C(CNS(=O)(=O)c1ccccc1C#N)N1CCCC1. The van der Waals surface area contributed by atoms with Crippen LogP contribution in [0.3, 0.4) is 0 Å². The zero-order valence-electron chi connectivity index (χ0n) is 13.1. The number of nitriles is 1. The van der Waals surface area contributed by atoms with E-state index in [2.05, 4.69) is 23.5 Å². The van der Waals surface area contributed by atoms with Gasteiger partial charge in [-0.15, -0.1) is 0 Å². The number of rotatable bonds is 6. The zero-order chi connectivity index (χ0) is 16.2. The third kappa shape index (κ3) is 3.86. The van der Waals surface area contributed by atoms with Gasteiger partial charge in [0.25, 0.3) is 0 Å². The Morgan fingerprint density at radius 3 is 2.50 bits per heavy atom. The average Bonchev–Trinajstić information content (AvgIpc) is 3.01. The summed E-state index contributed by atoms with van der Waals surface area (Å²) in [6, 6.07) is 8.42. The summed E-state index contributed by atoms with van der Waals surface area (Å²) in [5.74, 6) is 0.368. The van der Waals surface area contributed by atoms with Crippen molar-refractivity contribution in [3.63, 3.8) is 0 Å². The van der Waals surface area contributed by atoms with Gasteiger partial charge in [-0.2, -0.15) is 5.26 Å². The second-order valence-corrected chi connectivity index (χ2v) is 7.75. The molecule has 5 nitrogen and oxygen atoms in total. The van der Waals surface area contributed by atoms with E-state index in [1.165, 1.54) is 25.0 Å². The zero-order valence-corrected chi connectivity index (χ0v) is 13.9. The molecule has 1 atom stereocenters. The van der Waals surface area contributed by atoms with Gasteiger partial charge < -0.3 is 0 Å². The number of likely N-dealkylation sites (tertiary alicyclic amines) is 1. The van der Waals surface area contributed by atoms with Crippen LogP contribution in [0.1, 0.15) is 32.3 Å². The Hall–Kier alpha value is -1.42.